The summed E-state index contributed by atoms with van der Waals surface area (Å²) in [5, 5.41) is 14.2. The number of hydrogen-bond acceptors (Lipinski definition) is 6. The molecule has 8 nitrogen and oxygen atoms in total. The number of ketones is 1. The van der Waals surface area contributed by atoms with Crippen molar-refractivity contribution in [2.45, 2.75) is 39.5 Å². The van der Waals surface area contributed by atoms with Crippen LogP contribution in [0.25, 0.3) is 0 Å². The number of Topliss-reactive ketones (excluding diaryl/α,β-unsaturated/α-hetero) is 1. The maximum absolute atomic E-state index is 13.1. The molecule has 0 spiro atoms. The fourth-order valence-electron chi connectivity index (χ4n) is 4.15. The Balaban J connectivity index is 1.95. The van der Waals surface area contributed by atoms with Crippen LogP contribution in [0.15, 0.2) is 40.3 Å². The monoisotopic (exact) mass is 380 g/mol. The number of carbonyl (C=O) groups excluding carboxylic acids is 1. The number of nitro groups is 1. The summed E-state index contributed by atoms with van der Waals surface area (Å²) in [6, 6.07) is 6.00. The van der Waals surface area contributed by atoms with Crippen LogP contribution in [-0.4, -0.2) is 20.7 Å². The molecule has 2 aliphatic rings. The number of fused-ring (bicyclic) bond motifs is 1. The minimum Gasteiger partial charge on any atom is -0.343 e. The molecule has 2 aromatic rings. The molecule has 1 aliphatic heterocycles. The van der Waals surface area contributed by atoms with Crippen LogP contribution in [0.5, 0.6) is 0 Å². The Morgan fingerprint density at radius 2 is 1.86 bits per heavy atom. The minimum atomic E-state index is -0.604. The van der Waals surface area contributed by atoms with E-state index in [4.69, 9.17) is 0 Å². The third kappa shape index (κ3) is 2.90. The lowest BCUT2D eigenvalue weighted by atomic mass is 9.69. The van der Waals surface area contributed by atoms with Gasteiger partial charge >= 0.3 is 0 Å². The predicted molar refractivity (Wildman–Crippen MR) is 103 cm³/mol. The Bertz CT molecular complexity index is 1100. The first-order valence-electron chi connectivity index (χ1n) is 9.05. The minimum absolute atomic E-state index is 0.0206. The summed E-state index contributed by atoms with van der Waals surface area (Å²) in [6.45, 7) is 5.76. The number of aromatic amines is 1. The number of nitrogens with zero attached hydrogens (tertiary/aromatic N) is 2. The zero-order valence-electron chi connectivity index (χ0n) is 15.8. The molecule has 0 amide bonds. The number of nitro benzene ring substituents is 1. The third-order valence-corrected chi connectivity index (χ3v) is 5.28. The molecule has 0 fully saturated rings. The van der Waals surface area contributed by atoms with E-state index in [0.29, 0.717) is 41.2 Å². The molecule has 0 saturated heterocycles. The first-order valence-corrected chi connectivity index (χ1v) is 9.05. The molecule has 144 valence electrons. The summed E-state index contributed by atoms with van der Waals surface area (Å²) in [6.07, 6.45) is 1.04. The zero-order chi connectivity index (χ0) is 20.2. The maximum Gasteiger partial charge on any atom is 0.269 e. The zero-order valence-corrected chi connectivity index (χ0v) is 15.8. The van der Waals surface area contributed by atoms with Gasteiger partial charge in [0.05, 0.1) is 10.5 Å². The normalized spacial score (nSPS) is 20.2. The van der Waals surface area contributed by atoms with Gasteiger partial charge in [0.15, 0.2) is 5.78 Å². The van der Waals surface area contributed by atoms with Gasteiger partial charge in [-0.15, -0.1) is 0 Å². The molecule has 2 N–H and O–H groups in total. The van der Waals surface area contributed by atoms with Gasteiger partial charge in [0.1, 0.15) is 11.6 Å². The van der Waals surface area contributed by atoms with Gasteiger partial charge in [0, 0.05) is 35.7 Å². The molecule has 4 rings (SSSR count). The van der Waals surface area contributed by atoms with Crippen LogP contribution in [-0.2, 0) is 4.79 Å². The molecule has 0 saturated carbocycles. The highest BCUT2D eigenvalue weighted by Gasteiger charge is 2.42. The largest absolute Gasteiger partial charge is 0.343 e. The molecule has 1 aromatic carbocycles. The average Bonchev–Trinajstić information content (AvgIpc) is 2.58. The fraction of sp³-hybridized carbons (Fsp3) is 0.350. The molecule has 0 unspecified atom stereocenters. The van der Waals surface area contributed by atoms with E-state index < -0.39 is 10.8 Å². The molecule has 28 heavy (non-hydrogen) atoms. The van der Waals surface area contributed by atoms with Gasteiger partial charge in [-0.2, -0.15) is 0 Å². The molecule has 2 heterocycles. The summed E-state index contributed by atoms with van der Waals surface area (Å²) in [5.41, 5.74) is 1.79. The highest BCUT2D eigenvalue weighted by Crippen LogP contribution is 2.47. The van der Waals surface area contributed by atoms with E-state index in [1.54, 1.807) is 19.1 Å². The van der Waals surface area contributed by atoms with Crippen LogP contribution in [0.4, 0.5) is 11.5 Å². The summed E-state index contributed by atoms with van der Waals surface area (Å²) < 4.78 is 0. The molecule has 0 radical (unpaired) electrons. The van der Waals surface area contributed by atoms with Crippen LogP contribution < -0.4 is 10.9 Å². The van der Waals surface area contributed by atoms with Gasteiger partial charge in [-0.05, 0) is 24.3 Å². The van der Waals surface area contributed by atoms with Crippen molar-refractivity contribution in [3.8, 4) is 0 Å². The number of benzene rings is 1. The molecular formula is C20H20N4O4. The second kappa shape index (κ2) is 6.12. The van der Waals surface area contributed by atoms with Gasteiger partial charge in [-0.3, -0.25) is 19.7 Å². The van der Waals surface area contributed by atoms with Gasteiger partial charge < -0.3 is 10.3 Å². The van der Waals surface area contributed by atoms with Gasteiger partial charge in [0.2, 0.25) is 0 Å². The second-order valence-corrected chi connectivity index (χ2v) is 8.15. The quantitative estimate of drug-likeness (QED) is 0.610. The second-order valence-electron chi connectivity index (χ2n) is 8.15. The van der Waals surface area contributed by atoms with Gasteiger partial charge in [-0.25, -0.2) is 4.98 Å². The van der Waals surface area contributed by atoms with Gasteiger partial charge in [0.25, 0.3) is 11.2 Å². The van der Waals surface area contributed by atoms with Crippen molar-refractivity contribution in [2.24, 2.45) is 5.41 Å². The van der Waals surface area contributed by atoms with Crippen molar-refractivity contribution in [1.82, 2.24) is 9.97 Å². The number of nitrogens with one attached hydrogen (secondary N) is 2. The number of anilines is 1. The van der Waals surface area contributed by atoms with Crippen LogP contribution in [0.1, 0.15) is 49.6 Å². The molecule has 8 heteroatoms. The molecular weight excluding hydrogens is 360 g/mol. The number of non-ortho nitro benzene ring substituents is 1. The first kappa shape index (κ1) is 18.1. The Morgan fingerprint density at radius 1 is 1.18 bits per heavy atom. The number of carbonyl (C=O) groups is 1. The van der Waals surface area contributed by atoms with E-state index in [-0.39, 0.29) is 22.4 Å². The van der Waals surface area contributed by atoms with E-state index in [2.05, 4.69) is 15.3 Å². The average molecular weight is 380 g/mol. The van der Waals surface area contributed by atoms with E-state index in [9.17, 15) is 19.7 Å². The standard InChI is InChI=1S/C20H20N4O4/c1-10-21-18-17(19(26)22-10)15(11-4-6-12(7-5-11)24(27)28)16-13(23-18)8-20(2,3)9-14(16)25/h4-7,15H,8-9H2,1-3H3,(H2,21,22,23,26)/t15-/m1/s1. The topological polar surface area (TPSA) is 118 Å². The fourth-order valence-corrected chi connectivity index (χ4v) is 4.15. The Labute approximate surface area is 160 Å². The lowest BCUT2D eigenvalue weighted by Crippen LogP contribution is -2.37. The van der Waals surface area contributed by atoms with Crippen molar-refractivity contribution < 1.29 is 9.72 Å². The molecule has 1 atom stereocenters. The van der Waals surface area contributed by atoms with Crippen LogP contribution >= 0.6 is 0 Å². The third-order valence-electron chi connectivity index (χ3n) is 5.28. The van der Waals surface area contributed by atoms with E-state index >= 15 is 0 Å². The number of hydrogen-bond donors (Lipinski definition) is 2. The molecule has 1 aliphatic carbocycles. The lowest BCUT2D eigenvalue weighted by molar-refractivity contribution is -0.384. The summed E-state index contributed by atoms with van der Waals surface area (Å²) >= 11 is 0. The van der Waals surface area contributed by atoms with Crippen LogP contribution in [0, 0.1) is 22.5 Å². The SMILES string of the molecule is Cc1nc2c(c(=O)[nH]1)[C@H](c1ccc([N+](=O)[O-])cc1)C1=C(CC(C)(C)CC1=O)N2. The number of aromatic nitrogens is 2. The molecule has 1 aromatic heterocycles. The van der Waals surface area contributed by atoms with Crippen LogP contribution in [0.3, 0.4) is 0 Å². The van der Waals surface area contributed by atoms with Crippen molar-refractivity contribution in [3.63, 3.8) is 0 Å². The number of rotatable bonds is 2. The Kier molecular flexibility index (Phi) is 3.95. The number of allylic oxidation sites excluding steroid dienone is 2. The van der Waals surface area contributed by atoms with Crippen molar-refractivity contribution in [3.05, 3.63) is 73.0 Å². The Morgan fingerprint density at radius 3 is 2.50 bits per heavy atom. The van der Waals surface area contributed by atoms with Crippen molar-refractivity contribution in [2.75, 3.05) is 5.32 Å². The van der Waals surface area contributed by atoms with Crippen molar-refractivity contribution in [1.29, 1.82) is 0 Å². The number of aryl methyl sites for hydroxylation is 1. The Hall–Kier alpha value is -3.29. The summed E-state index contributed by atoms with van der Waals surface area (Å²) in [5.74, 6) is 0.290. The van der Waals surface area contributed by atoms with E-state index in [1.165, 1.54) is 12.1 Å². The number of H-pyrrole nitrogens is 1. The molecule has 0 bridgehead atoms. The highest BCUT2D eigenvalue weighted by atomic mass is 16.6. The maximum atomic E-state index is 13.1. The van der Waals surface area contributed by atoms with Crippen molar-refractivity contribution >= 4 is 17.3 Å². The summed E-state index contributed by atoms with van der Waals surface area (Å²) in [4.78, 5) is 43.5. The lowest BCUT2D eigenvalue weighted by Gasteiger charge is -2.38. The first-order chi connectivity index (χ1) is 13.2. The van der Waals surface area contributed by atoms with E-state index in [1.807, 2.05) is 13.8 Å². The van der Waals surface area contributed by atoms with E-state index in [0.717, 1.165) is 5.70 Å². The summed E-state index contributed by atoms with van der Waals surface area (Å²) in [7, 11) is 0. The van der Waals surface area contributed by atoms with Gasteiger partial charge in [-0.1, -0.05) is 26.0 Å². The predicted octanol–water partition coefficient (Wildman–Crippen LogP) is 3.19. The highest BCUT2D eigenvalue weighted by molar-refractivity contribution is 6.01. The smallest absolute Gasteiger partial charge is 0.269 e. The van der Waals surface area contributed by atoms with Crippen LogP contribution in [0.2, 0.25) is 0 Å².